The van der Waals surface area contributed by atoms with Crippen LogP contribution in [0.3, 0.4) is 0 Å². The van der Waals surface area contributed by atoms with Crippen molar-refractivity contribution in [2.45, 2.75) is 13.8 Å². The summed E-state index contributed by atoms with van der Waals surface area (Å²) in [6, 6.07) is 9.48. The number of carbonyl (C=O) groups excluding carboxylic acids is 1. The molecule has 17 heavy (non-hydrogen) atoms. The molecule has 0 saturated heterocycles. The second-order valence-corrected chi connectivity index (χ2v) is 5.08. The second-order valence-electron chi connectivity index (χ2n) is 4.31. The molecule has 94 valence electrons. The molecule has 0 bridgehead atoms. The summed E-state index contributed by atoms with van der Waals surface area (Å²) >= 11 is 2.18. The third-order valence-electron chi connectivity index (χ3n) is 2.22. The summed E-state index contributed by atoms with van der Waals surface area (Å²) in [4.78, 5) is 11.6. The second kappa shape index (κ2) is 6.83. The number of hydrogen-bond acceptors (Lipinski definition) is 3. The Labute approximate surface area is 116 Å². The van der Waals surface area contributed by atoms with Crippen molar-refractivity contribution in [3.63, 3.8) is 0 Å². The highest BCUT2D eigenvalue weighted by atomic mass is 127. The lowest BCUT2D eigenvalue weighted by Crippen LogP contribution is -2.29. The molecule has 0 aliphatic heterocycles. The van der Waals surface area contributed by atoms with Crippen LogP contribution in [-0.4, -0.2) is 23.6 Å². The number of rotatable bonds is 6. The van der Waals surface area contributed by atoms with Gasteiger partial charge in [-0.15, -0.1) is 0 Å². The third-order valence-corrected chi connectivity index (χ3v) is 4.12. The lowest BCUT2D eigenvalue weighted by molar-refractivity contribution is -0.153. The summed E-state index contributed by atoms with van der Waals surface area (Å²) in [5.41, 5.74) is -0.423. The van der Waals surface area contributed by atoms with Crippen molar-refractivity contribution in [2.24, 2.45) is 5.41 Å². The van der Waals surface area contributed by atoms with E-state index in [4.69, 9.17) is 9.47 Å². The van der Waals surface area contributed by atoms with Crippen LogP contribution in [0, 0.1) is 5.41 Å². The maximum absolute atomic E-state index is 11.6. The minimum atomic E-state index is -0.423. The zero-order valence-corrected chi connectivity index (χ0v) is 12.3. The van der Waals surface area contributed by atoms with Gasteiger partial charge in [0.25, 0.3) is 0 Å². The molecule has 0 heterocycles. The number of halogens is 1. The zero-order valence-electron chi connectivity index (χ0n) is 10.1. The van der Waals surface area contributed by atoms with Crippen molar-refractivity contribution >= 4 is 28.6 Å². The average molecular weight is 348 g/mol. The van der Waals surface area contributed by atoms with Crippen molar-refractivity contribution in [1.29, 1.82) is 0 Å². The van der Waals surface area contributed by atoms with Crippen LogP contribution in [0.4, 0.5) is 0 Å². The van der Waals surface area contributed by atoms with Crippen molar-refractivity contribution in [1.82, 2.24) is 0 Å². The molecule has 4 heteroatoms. The van der Waals surface area contributed by atoms with Crippen molar-refractivity contribution in [2.75, 3.05) is 17.6 Å². The van der Waals surface area contributed by atoms with Crippen LogP contribution in [0.5, 0.6) is 5.75 Å². The maximum Gasteiger partial charge on any atom is 0.312 e. The summed E-state index contributed by atoms with van der Waals surface area (Å²) < 4.78 is 11.3. The van der Waals surface area contributed by atoms with Gasteiger partial charge in [-0.2, -0.15) is 0 Å². The van der Waals surface area contributed by atoms with Crippen molar-refractivity contribution in [3.8, 4) is 5.75 Å². The van der Waals surface area contributed by atoms with E-state index in [1.165, 1.54) is 0 Å². The van der Waals surface area contributed by atoms with E-state index in [2.05, 4.69) is 22.6 Å². The van der Waals surface area contributed by atoms with Gasteiger partial charge in [-0.05, 0) is 26.0 Å². The first-order chi connectivity index (χ1) is 8.06. The van der Waals surface area contributed by atoms with E-state index in [9.17, 15) is 4.79 Å². The Hall–Kier alpha value is -0.780. The molecular formula is C13H17IO3. The first-order valence-corrected chi connectivity index (χ1v) is 7.00. The monoisotopic (exact) mass is 348 g/mol. The Kier molecular flexibility index (Phi) is 5.74. The van der Waals surface area contributed by atoms with E-state index in [1.807, 2.05) is 44.2 Å². The normalized spacial score (nSPS) is 11.0. The Balaban J connectivity index is 2.23. The maximum atomic E-state index is 11.6. The minimum Gasteiger partial charge on any atom is -0.490 e. The molecule has 0 spiro atoms. The molecule has 0 aliphatic carbocycles. The van der Waals surface area contributed by atoms with Gasteiger partial charge in [-0.3, -0.25) is 4.79 Å². The van der Waals surface area contributed by atoms with Crippen LogP contribution in [0.2, 0.25) is 0 Å². The Morgan fingerprint density at radius 1 is 1.24 bits per heavy atom. The van der Waals surface area contributed by atoms with Gasteiger partial charge in [0.1, 0.15) is 19.0 Å². The topological polar surface area (TPSA) is 35.5 Å². The summed E-state index contributed by atoms with van der Waals surface area (Å²) in [5, 5.41) is 0. The number of hydrogen-bond donors (Lipinski definition) is 0. The quantitative estimate of drug-likeness (QED) is 0.343. The summed E-state index contributed by atoms with van der Waals surface area (Å²) in [5.74, 6) is 0.611. The van der Waals surface area contributed by atoms with E-state index in [0.29, 0.717) is 6.61 Å². The fraction of sp³-hybridized carbons (Fsp3) is 0.462. The molecule has 0 saturated carbocycles. The summed E-state index contributed by atoms with van der Waals surface area (Å²) in [6.45, 7) is 4.42. The van der Waals surface area contributed by atoms with Gasteiger partial charge in [-0.25, -0.2) is 0 Å². The molecule has 1 rings (SSSR count). The number of benzene rings is 1. The molecule has 3 nitrogen and oxygen atoms in total. The molecule has 0 radical (unpaired) electrons. The Morgan fingerprint density at radius 2 is 1.88 bits per heavy atom. The van der Waals surface area contributed by atoms with Gasteiger partial charge in [0.15, 0.2) is 0 Å². The number of para-hydroxylation sites is 1. The van der Waals surface area contributed by atoms with Crippen LogP contribution in [0.1, 0.15) is 13.8 Å². The number of esters is 1. The molecule has 1 aromatic rings. The highest BCUT2D eigenvalue weighted by Crippen LogP contribution is 2.20. The van der Waals surface area contributed by atoms with Gasteiger partial charge in [0.2, 0.25) is 0 Å². The van der Waals surface area contributed by atoms with Crippen LogP contribution in [0.15, 0.2) is 30.3 Å². The lowest BCUT2D eigenvalue weighted by Gasteiger charge is -2.19. The molecule has 0 atom stereocenters. The average Bonchev–Trinajstić information content (AvgIpc) is 2.35. The highest BCUT2D eigenvalue weighted by Gasteiger charge is 2.27. The van der Waals surface area contributed by atoms with E-state index in [0.717, 1.165) is 10.2 Å². The molecule has 0 N–H and O–H groups in total. The molecule has 0 unspecified atom stereocenters. The van der Waals surface area contributed by atoms with E-state index < -0.39 is 5.41 Å². The summed E-state index contributed by atoms with van der Waals surface area (Å²) in [6.07, 6.45) is 0. The van der Waals surface area contributed by atoms with E-state index in [1.54, 1.807) is 0 Å². The largest absolute Gasteiger partial charge is 0.490 e. The predicted octanol–water partition coefficient (Wildman–Crippen LogP) is 3.07. The van der Waals surface area contributed by atoms with Crippen molar-refractivity contribution < 1.29 is 14.3 Å². The fourth-order valence-corrected chi connectivity index (χ4v) is 1.37. The SMILES string of the molecule is CC(C)(CI)C(=O)OCCOc1ccccc1. The van der Waals surface area contributed by atoms with Crippen LogP contribution >= 0.6 is 22.6 Å². The Bertz CT molecular complexity index is 349. The minimum absolute atomic E-state index is 0.177. The molecule has 0 aliphatic rings. The zero-order chi connectivity index (χ0) is 12.7. The molecule has 0 amide bonds. The van der Waals surface area contributed by atoms with Gasteiger partial charge >= 0.3 is 5.97 Å². The number of carbonyl (C=O) groups is 1. The molecule has 0 aromatic heterocycles. The highest BCUT2D eigenvalue weighted by molar-refractivity contribution is 14.1. The van der Waals surface area contributed by atoms with Crippen molar-refractivity contribution in [3.05, 3.63) is 30.3 Å². The smallest absolute Gasteiger partial charge is 0.312 e. The van der Waals surface area contributed by atoms with Crippen LogP contribution in [-0.2, 0) is 9.53 Å². The predicted molar refractivity (Wildman–Crippen MR) is 75.6 cm³/mol. The lowest BCUT2D eigenvalue weighted by atomic mass is 9.97. The summed E-state index contributed by atoms with van der Waals surface area (Å²) in [7, 11) is 0. The fourth-order valence-electron chi connectivity index (χ4n) is 1.06. The van der Waals surface area contributed by atoms with Gasteiger partial charge in [-0.1, -0.05) is 40.8 Å². The molecule has 0 fully saturated rings. The first kappa shape index (κ1) is 14.3. The molecular weight excluding hydrogens is 331 g/mol. The number of alkyl halides is 1. The Morgan fingerprint density at radius 3 is 2.47 bits per heavy atom. The third kappa shape index (κ3) is 4.93. The van der Waals surface area contributed by atoms with Gasteiger partial charge in [0.05, 0.1) is 5.41 Å². The number of ether oxygens (including phenoxy) is 2. The standard InChI is InChI=1S/C13H17IO3/c1-13(2,10-14)12(15)17-9-8-16-11-6-4-3-5-7-11/h3-7H,8-10H2,1-2H3. The van der Waals surface area contributed by atoms with E-state index >= 15 is 0 Å². The first-order valence-electron chi connectivity index (χ1n) is 5.47. The van der Waals surface area contributed by atoms with Crippen LogP contribution in [0.25, 0.3) is 0 Å². The molecule has 1 aromatic carbocycles. The van der Waals surface area contributed by atoms with Gasteiger partial charge < -0.3 is 9.47 Å². The van der Waals surface area contributed by atoms with Gasteiger partial charge in [0, 0.05) is 4.43 Å². The van der Waals surface area contributed by atoms with Crippen LogP contribution < -0.4 is 4.74 Å². The van der Waals surface area contributed by atoms with E-state index in [-0.39, 0.29) is 12.6 Å².